The molecule has 1 aliphatic heterocycles. The molecule has 0 bridgehead atoms. The molecule has 0 saturated carbocycles. The zero-order valence-electron chi connectivity index (χ0n) is 15.4. The summed E-state index contributed by atoms with van der Waals surface area (Å²) in [6.07, 6.45) is 3.30. The quantitative estimate of drug-likeness (QED) is 0.802. The van der Waals surface area contributed by atoms with Crippen LogP contribution < -0.4 is 10.2 Å². The predicted octanol–water partition coefficient (Wildman–Crippen LogP) is 2.64. The Labute approximate surface area is 173 Å². The summed E-state index contributed by atoms with van der Waals surface area (Å²) >= 11 is 11.9. The van der Waals surface area contributed by atoms with Crippen molar-refractivity contribution < 1.29 is 9.59 Å². The Morgan fingerprint density at radius 3 is 2.64 bits per heavy atom. The van der Waals surface area contributed by atoms with E-state index in [0.717, 1.165) is 18.7 Å². The maximum absolute atomic E-state index is 12.4. The molecule has 2 heterocycles. The number of carbonyl (C=O) groups is 2. The van der Waals surface area contributed by atoms with Crippen molar-refractivity contribution >= 4 is 40.8 Å². The highest BCUT2D eigenvalue weighted by molar-refractivity contribution is 6.36. The van der Waals surface area contributed by atoms with Crippen molar-refractivity contribution in [1.82, 2.24) is 20.4 Å². The van der Waals surface area contributed by atoms with Gasteiger partial charge in [-0.15, -0.1) is 5.10 Å². The van der Waals surface area contributed by atoms with Gasteiger partial charge < -0.3 is 15.1 Å². The summed E-state index contributed by atoms with van der Waals surface area (Å²) in [5.74, 6) is 0.311. The molecular formula is C19H21Cl2N5O2. The Morgan fingerprint density at radius 1 is 1.25 bits per heavy atom. The zero-order chi connectivity index (χ0) is 20.1. The van der Waals surface area contributed by atoms with Gasteiger partial charge in [-0.1, -0.05) is 23.2 Å². The van der Waals surface area contributed by atoms with Crippen molar-refractivity contribution in [3.05, 3.63) is 52.1 Å². The van der Waals surface area contributed by atoms with Crippen LogP contribution in [0, 0.1) is 0 Å². The lowest BCUT2D eigenvalue weighted by atomic mass is 10.0. The van der Waals surface area contributed by atoms with Crippen LogP contribution in [0.5, 0.6) is 0 Å². The van der Waals surface area contributed by atoms with Gasteiger partial charge in [0.25, 0.3) is 5.91 Å². The van der Waals surface area contributed by atoms with Gasteiger partial charge in [0.2, 0.25) is 5.91 Å². The third-order valence-electron chi connectivity index (χ3n) is 4.86. The number of aromatic nitrogens is 2. The average Bonchev–Trinajstić information content (AvgIpc) is 2.72. The van der Waals surface area contributed by atoms with Gasteiger partial charge in [0.1, 0.15) is 0 Å². The number of rotatable bonds is 5. The van der Waals surface area contributed by atoms with Crippen LogP contribution in [-0.4, -0.2) is 59.6 Å². The molecule has 9 heteroatoms. The first-order valence-corrected chi connectivity index (χ1v) is 9.73. The standard InChI is InChI=1S/C19H21Cl2N5O2/c1-25(17-3-2-8-23-24-17)14-6-9-26(10-7-14)18(27)12-22-19(28)15-5-4-13(20)11-16(15)21/h2-5,8,11,14H,6-7,9-10,12H2,1H3,(H,22,28). The molecule has 1 fully saturated rings. The minimum absolute atomic E-state index is 0.0670. The summed E-state index contributed by atoms with van der Waals surface area (Å²) in [5.41, 5.74) is 0.295. The number of nitrogens with one attached hydrogen (secondary N) is 1. The summed E-state index contributed by atoms with van der Waals surface area (Å²) in [6.45, 7) is 1.19. The Bertz CT molecular complexity index is 841. The molecule has 0 spiro atoms. The molecule has 1 aliphatic rings. The number of halogens is 2. The van der Waals surface area contributed by atoms with E-state index in [0.29, 0.717) is 29.7 Å². The van der Waals surface area contributed by atoms with Crippen molar-refractivity contribution in [2.75, 3.05) is 31.6 Å². The van der Waals surface area contributed by atoms with Crippen molar-refractivity contribution in [2.24, 2.45) is 0 Å². The number of likely N-dealkylation sites (tertiary alicyclic amines) is 1. The van der Waals surface area contributed by atoms with Gasteiger partial charge in [-0.05, 0) is 43.2 Å². The summed E-state index contributed by atoms with van der Waals surface area (Å²) in [5, 5.41) is 11.4. The molecule has 148 valence electrons. The number of anilines is 1. The molecule has 0 unspecified atom stereocenters. The lowest BCUT2D eigenvalue weighted by Crippen LogP contribution is -2.48. The monoisotopic (exact) mass is 421 g/mol. The fourth-order valence-corrected chi connectivity index (χ4v) is 3.70. The maximum Gasteiger partial charge on any atom is 0.253 e. The lowest BCUT2D eigenvalue weighted by molar-refractivity contribution is -0.131. The third kappa shape index (κ3) is 4.91. The average molecular weight is 422 g/mol. The Morgan fingerprint density at radius 2 is 2.00 bits per heavy atom. The molecular weight excluding hydrogens is 401 g/mol. The molecule has 28 heavy (non-hydrogen) atoms. The second-order valence-corrected chi connectivity index (χ2v) is 7.46. The van der Waals surface area contributed by atoms with Crippen LogP contribution in [0.1, 0.15) is 23.2 Å². The van der Waals surface area contributed by atoms with Gasteiger partial charge in [0, 0.05) is 37.4 Å². The number of hydrogen-bond donors (Lipinski definition) is 1. The van der Waals surface area contributed by atoms with Gasteiger partial charge in [-0.25, -0.2) is 0 Å². The van der Waals surface area contributed by atoms with Crippen LogP contribution >= 0.6 is 23.2 Å². The van der Waals surface area contributed by atoms with Crippen LogP contribution in [0.25, 0.3) is 0 Å². The highest BCUT2D eigenvalue weighted by atomic mass is 35.5. The molecule has 1 aromatic carbocycles. The van der Waals surface area contributed by atoms with Crippen molar-refractivity contribution in [3.8, 4) is 0 Å². The normalized spacial score (nSPS) is 14.6. The van der Waals surface area contributed by atoms with Crippen molar-refractivity contribution in [3.63, 3.8) is 0 Å². The first-order valence-electron chi connectivity index (χ1n) is 8.97. The van der Waals surface area contributed by atoms with E-state index in [4.69, 9.17) is 23.2 Å². The third-order valence-corrected chi connectivity index (χ3v) is 5.41. The first kappa shape index (κ1) is 20.4. The van der Waals surface area contributed by atoms with Gasteiger partial charge >= 0.3 is 0 Å². The van der Waals surface area contributed by atoms with E-state index in [2.05, 4.69) is 20.4 Å². The summed E-state index contributed by atoms with van der Waals surface area (Å²) in [6, 6.07) is 8.69. The Kier molecular flexibility index (Phi) is 6.70. The number of amides is 2. The molecule has 0 aliphatic carbocycles. The smallest absolute Gasteiger partial charge is 0.253 e. The number of carbonyl (C=O) groups excluding carboxylic acids is 2. The molecule has 2 amide bonds. The van der Waals surface area contributed by atoms with Gasteiger partial charge in [0.05, 0.1) is 17.1 Å². The van der Waals surface area contributed by atoms with Crippen LogP contribution in [0.2, 0.25) is 10.0 Å². The number of hydrogen-bond acceptors (Lipinski definition) is 5. The molecule has 1 N–H and O–H groups in total. The topological polar surface area (TPSA) is 78.4 Å². The largest absolute Gasteiger partial charge is 0.355 e. The highest BCUT2D eigenvalue weighted by Gasteiger charge is 2.26. The first-order chi connectivity index (χ1) is 13.5. The van der Waals surface area contributed by atoms with E-state index in [1.165, 1.54) is 12.1 Å². The number of piperidine rings is 1. The van der Waals surface area contributed by atoms with E-state index in [-0.39, 0.29) is 17.5 Å². The van der Waals surface area contributed by atoms with E-state index < -0.39 is 5.91 Å². The summed E-state index contributed by atoms with van der Waals surface area (Å²) in [4.78, 5) is 28.5. The van der Waals surface area contributed by atoms with E-state index in [9.17, 15) is 9.59 Å². The molecule has 0 radical (unpaired) electrons. The molecule has 1 aromatic heterocycles. The Hall–Kier alpha value is -2.38. The minimum Gasteiger partial charge on any atom is -0.355 e. The minimum atomic E-state index is -0.396. The van der Waals surface area contributed by atoms with E-state index >= 15 is 0 Å². The summed E-state index contributed by atoms with van der Waals surface area (Å²) < 4.78 is 0. The number of benzene rings is 1. The zero-order valence-corrected chi connectivity index (χ0v) is 17.0. The highest BCUT2D eigenvalue weighted by Crippen LogP contribution is 2.21. The van der Waals surface area contributed by atoms with E-state index in [1.54, 1.807) is 17.2 Å². The maximum atomic E-state index is 12.4. The van der Waals surface area contributed by atoms with Gasteiger partial charge in [0.15, 0.2) is 5.82 Å². The number of nitrogens with zero attached hydrogens (tertiary/aromatic N) is 4. The lowest BCUT2D eigenvalue weighted by Gasteiger charge is -2.37. The second-order valence-electron chi connectivity index (χ2n) is 6.61. The van der Waals surface area contributed by atoms with Gasteiger partial charge in [-0.2, -0.15) is 5.10 Å². The second kappa shape index (κ2) is 9.21. The van der Waals surface area contributed by atoms with Crippen LogP contribution in [0.15, 0.2) is 36.5 Å². The Balaban J connectivity index is 1.48. The predicted molar refractivity (Wildman–Crippen MR) is 109 cm³/mol. The molecule has 2 aromatic rings. The van der Waals surface area contributed by atoms with Crippen LogP contribution in [-0.2, 0) is 4.79 Å². The van der Waals surface area contributed by atoms with Crippen molar-refractivity contribution in [2.45, 2.75) is 18.9 Å². The van der Waals surface area contributed by atoms with Crippen LogP contribution in [0.4, 0.5) is 5.82 Å². The summed E-state index contributed by atoms with van der Waals surface area (Å²) in [7, 11) is 1.99. The molecule has 1 saturated heterocycles. The molecule has 3 rings (SSSR count). The van der Waals surface area contributed by atoms with Gasteiger partial charge in [-0.3, -0.25) is 9.59 Å². The molecule has 7 nitrogen and oxygen atoms in total. The fourth-order valence-electron chi connectivity index (χ4n) is 3.21. The van der Waals surface area contributed by atoms with E-state index in [1.807, 2.05) is 19.2 Å². The van der Waals surface area contributed by atoms with Crippen LogP contribution in [0.3, 0.4) is 0 Å². The fraction of sp³-hybridized carbons (Fsp3) is 0.368. The molecule has 0 atom stereocenters. The SMILES string of the molecule is CN(c1cccnn1)C1CCN(C(=O)CNC(=O)c2ccc(Cl)cc2Cl)CC1. The van der Waals surface area contributed by atoms with Crippen molar-refractivity contribution in [1.29, 1.82) is 0 Å².